The first kappa shape index (κ1) is 11.5. The van der Waals surface area contributed by atoms with Gasteiger partial charge in [0, 0.05) is 0 Å². The Hall–Kier alpha value is -1.49. The van der Waals surface area contributed by atoms with Crippen LogP contribution in [0.1, 0.15) is 6.92 Å². The second-order valence-corrected chi connectivity index (χ2v) is 2.68. The molecular weight excluding hydrogens is 190 g/mol. The molecule has 6 heteroatoms. The van der Waals surface area contributed by atoms with Gasteiger partial charge in [0.15, 0.2) is 5.82 Å². The predicted molar refractivity (Wildman–Crippen MR) is 55.4 cm³/mol. The van der Waals surface area contributed by atoms with E-state index in [1.807, 2.05) is 0 Å². The van der Waals surface area contributed by atoms with Crippen LogP contribution in [-0.2, 0) is 0 Å². The van der Waals surface area contributed by atoms with Crippen LogP contribution >= 0.6 is 11.6 Å². The number of halogens is 1. The highest BCUT2D eigenvalue weighted by atomic mass is 35.5. The van der Waals surface area contributed by atoms with Crippen LogP contribution in [0.25, 0.3) is 0 Å². The Bertz CT molecular complexity index is 275. The molecule has 0 fully saturated rings. The van der Waals surface area contributed by atoms with Gasteiger partial charge in [0.1, 0.15) is 16.7 Å². The summed E-state index contributed by atoms with van der Waals surface area (Å²) in [6, 6.07) is 0. The van der Waals surface area contributed by atoms with Crippen molar-refractivity contribution in [3.63, 3.8) is 0 Å². The van der Waals surface area contributed by atoms with Crippen molar-refractivity contribution in [3.05, 3.63) is 24.3 Å². The predicted octanol–water partition coefficient (Wildman–Crippen LogP) is 0.440. The first-order valence-corrected chi connectivity index (χ1v) is 3.79. The van der Waals surface area contributed by atoms with Crippen molar-refractivity contribution < 1.29 is 0 Å². The van der Waals surface area contributed by atoms with Crippen LogP contribution in [0.4, 0.5) is 0 Å². The fourth-order valence-corrected chi connectivity index (χ4v) is 0.633. The summed E-state index contributed by atoms with van der Waals surface area (Å²) in [5, 5.41) is 9.97. The molecular formula is C7H12ClN5. The molecule has 0 aliphatic carbocycles. The van der Waals surface area contributed by atoms with Gasteiger partial charge in [0.2, 0.25) is 0 Å². The highest BCUT2D eigenvalue weighted by molar-refractivity contribution is 6.64. The van der Waals surface area contributed by atoms with Crippen molar-refractivity contribution in [2.24, 2.45) is 16.5 Å². The number of amidine groups is 1. The minimum absolute atomic E-state index is 0.0277. The summed E-state index contributed by atoms with van der Waals surface area (Å²) in [4.78, 5) is 3.82. The molecule has 0 radical (unpaired) electrons. The molecule has 0 aromatic heterocycles. The lowest BCUT2D eigenvalue weighted by atomic mass is 10.4. The van der Waals surface area contributed by atoms with Crippen LogP contribution in [0.2, 0.25) is 0 Å². The van der Waals surface area contributed by atoms with Gasteiger partial charge in [-0.05, 0) is 13.1 Å². The maximum absolute atomic E-state index is 7.06. The molecule has 0 atom stereocenters. The topological polar surface area (TPSA) is 100 Å². The lowest BCUT2D eigenvalue weighted by Gasteiger charge is -2.05. The minimum atomic E-state index is -0.272. The van der Waals surface area contributed by atoms with E-state index in [2.05, 4.69) is 16.9 Å². The summed E-state index contributed by atoms with van der Waals surface area (Å²) in [6.07, 6.45) is 1.37. The van der Waals surface area contributed by atoms with Gasteiger partial charge in [0.05, 0.1) is 0 Å². The first-order chi connectivity index (χ1) is 5.99. The summed E-state index contributed by atoms with van der Waals surface area (Å²) in [5.41, 5.74) is 10.6. The van der Waals surface area contributed by atoms with E-state index in [1.54, 1.807) is 6.92 Å². The van der Waals surface area contributed by atoms with Crippen molar-refractivity contribution in [1.82, 2.24) is 5.32 Å². The SMILES string of the molecule is C=CN/C(N=C(C)Cl)=C(\N)C(=N)N. The summed E-state index contributed by atoms with van der Waals surface area (Å²) in [6.45, 7) is 5.01. The van der Waals surface area contributed by atoms with Crippen LogP contribution in [0, 0.1) is 5.41 Å². The zero-order chi connectivity index (χ0) is 10.4. The molecule has 0 unspecified atom stereocenters. The van der Waals surface area contributed by atoms with E-state index in [-0.39, 0.29) is 22.5 Å². The molecule has 6 N–H and O–H groups in total. The Balaban J connectivity index is 4.99. The van der Waals surface area contributed by atoms with E-state index in [4.69, 9.17) is 28.5 Å². The molecule has 0 aliphatic rings. The van der Waals surface area contributed by atoms with Gasteiger partial charge in [-0.3, -0.25) is 5.41 Å². The average molecular weight is 202 g/mol. The lowest BCUT2D eigenvalue weighted by Crippen LogP contribution is -2.24. The zero-order valence-corrected chi connectivity index (χ0v) is 8.02. The molecule has 0 aromatic rings. The molecule has 0 heterocycles. The van der Waals surface area contributed by atoms with Gasteiger partial charge in [-0.2, -0.15) is 0 Å². The summed E-state index contributed by atoms with van der Waals surface area (Å²) in [7, 11) is 0. The largest absolute Gasteiger partial charge is 0.393 e. The Morgan fingerprint density at radius 1 is 1.62 bits per heavy atom. The molecule has 0 aromatic carbocycles. The molecule has 0 bridgehead atoms. The Morgan fingerprint density at radius 2 is 2.15 bits per heavy atom. The van der Waals surface area contributed by atoms with Gasteiger partial charge >= 0.3 is 0 Å². The molecule has 0 saturated heterocycles. The van der Waals surface area contributed by atoms with Crippen LogP contribution < -0.4 is 16.8 Å². The molecule has 0 amide bonds. The van der Waals surface area contributed by atoms with Gasteiger partial charge < -0.3 is 16.8 Å². The van der Waals surface area contributed by atoms with Crippen molar-refractivity contribution in [3.8, 4) is 0 Å². The van der Waals surface area contributed by atoms with Gasteiger partial charge in [0.25, 0.3) is 0 Å². The van der Waals surface area contributed by atoms with Crippen LogP contribution in [0.15, 0.2) is 29.3 Å². The summed E-state index contributed by atoms with van der Waals surface area (Å²) in [5.74, 6) is -0.0546. The van der Waals surface area contributed by atoms with Crippen molar-refractivity contribution in [1.29, 1.82) is 5.41 Å². The van der Waals surface area contributed by atoms with Crippen molar-refractivity contribution >= 4 is 22.6 Å². The first-order valence-electron chi connectivity index (χ1n) is 3.41. The maximum Gasteiger partial charge on any atom is 0.158 e. The molecule has 0 rings (SSSR count). The molecule has 72 valence electrons. The second kappa shape index (κ2) is 5.21. The number of nitrogens with one attached hydrogen (secondary N) is 2. The summed E-state index contributed by atoms with van der Waals surface area (Å²) >= 11 is 5.53. The number of aliphatic imine (C=N–C) groups is 1. The summed E-state index contributed by atoms with van der Waals surface area (Å²) < 4.78 is 0. The van der Waals surface area contributed by atoms with Crippen molar-refractivity contribution in [2.45, 2.75) is 6.92 Å². The van der Waals surface area contributed by atoms with Crippen LogP contribution in [-0.4, -0.2) is 11.0 Å². The number of rotatable bonds is 4. The average Bonchev–Trinajstić information content (AvgIpc) is 2.01. The van der Waals surface area contributed by atoms with Gasteiger partial charge in [-0.25, -0.2) is 4.99 Å². The fraction of sp³-hybridized carbons (Fsp3) is 0.143. The Kier molecular flexibility index (Phi) is 4.61. The van der Waals surface area contributed by atoms with E-state index in [1.165, 1.54) is 6.20 Å². The highest BCUT2D eigenvalue weighted by Gasteiger charge is 2.03. The zero-order valence-electron chi connectivity index (χ0n) is 7.26. The highest BCUT2D eigenvalue weighted by Crippen LogP contribution is 1.99. The Labute approximate surface area is 81.7 Å². The van der Waals surface area contributed by atoms with Gasteiger partial charge in [-0.1, -0.05) is 18.2 Å². The van der Waals surface area contributed by atoms with E-state index in [9.17, 15) is 0 Å². The third kappa shape index (κ3) is 4.17. The fourth-order valence-electron chi connectivity index (χ4n) is 0.549. The number of nitrogens with two attached hydrogens (primary N) is 2. The number of hydrogen-bond acceptors (Lipinski definition) is 4. The number of nitrogens with zero attached hydrogens (tertiary/aromatic N) is 1. The quantitative estimate of drug-likeness (QED) is 0.392. The molecule has 0 spiro atoms. The van der Waals surface area contributed by atoms with Crippen molar-refractivity contribution in [2.75, 3.05) is 0 Å². The smallest absolute Gasteiger partial charge is 0.158 e. The van der Waals surface area contributed by atoms with Gasteiger partial charge in [-0.15, -0.1) is 0 Å². The normalized spacial score (nSPS) is 13.2. The van der Waals surface area contributed by atoms with E-state index >= 15 is 0 Å². The third-order valence-corrected chi connectivity index (χ3v) is 1.13. The van der Waals surface area contributed by atoms with E-state index in [0.717, 1.165) is 0 Å². The molecule has 5 nitrogen and oxygen atoms in total. The van der Waals surface area contributed by atoms with Crippen LogP contribution in [0.5, 0.6) is 0 Å². The van der Waals surface area contributed by atoms with Crippen LogP contribution in [0.3, 0.4) is 0 Å². The Morgan fingerprint density at radius 3 is 2.46 bits per heavy atom. The minimum Gasteiger partial charge on any atom is -0.393 e. The molecule has 13 heavy (non-hydrogen) atoms. The molecule has 0 aliphatic heterocycles. The monoisotopic (exact) mass is 201 g/mol. The standard InChI is InChI=1S/C7H12ClN5/c1-3-12-7(13-4(2)8)5(9)6(10)11/h3,12H,1,9H2,2H3,(H3,10,11)/b7-5+,13-4?. The second-order valence-electron chi connectivity index (χ2n) is 2.13. The maximum atomic E-state index is 7.06. The van der Waals surface area contributed by atoms with E-state index < -0.39 is 0 Å². The number of hydrogen-bond donors (Lipinski definition) is 4. The molecule has 0 saturated carbocycles. The third-order valence-electron chi connectivity index (χ3n) is 1.05. The van der Waals surface area contributed by atoms with E-state index in [0.29, 0.717) is 0 Å². The lowest BCUT2D eigenvalue weighted by molar-refractivity contribution is 1.00.